The van der Waals surface area contributed by atoms with Crippen LogP contribution in [0.2, 0.25) is 0 Å². The van der Waals surface area contributed by atoms with Gasteiger partial charge in [-0.2, -0.15) is 0 Å². The Labute approximate surface area is 221 Å². The van der Waals surface area contributed by atoms with Crippen LogP contribution in [0.1, 0.15) is 29.0 Å². The van der Waals surface area contributed by atoms with Crippen LogP contribution in [0.3, 0.4) is 0 Å². The molecule has 0 fully saturated rings. The average Bonchev–Trinajstić information content (AvgIpc) is 3.26. The fraction of sp³-hybridized carbons (Fsp3) is 0.276. The van der Waals surface area contributed by atoms with E-state index in [9.17, 15) is 19.5 Å². The van der Waals surface area contributed by atoms with Crippen molar-refractivity contribution < 1.29 is 29.0 Å². The molecule has 38 heavy (non-hydrogen) atoms. The Morgan fingerprint density at radius 3 is 2.05 bits per heavy atom. The first-order valence-corrected chi connectivity index (χ1v) is 12.5. The summed E-state index contributed by atoms with van der Waals surface area (Å²) in [6.07, 6.45) is -1.15. The molecule has 0 heterocycles. The molecular formula is C29H31N3O6. The summed E-state index contributed by atoms with van der Waals surface area (Å²) in [6, 6.07) is 24.3. The molecule has 0 saturated carbocycles. The summed E-state index contributed by atoms with van der Waals surface area (Å²) >= 11 is 0. The summed E-state index contributed by atoms with van der Waals surface area (Å²) in [5.74, 6) is -1.16. The van der Waals surface area contributed by atoms with Crippen LogP contribution in [0, 0.1) is 0 Å². The molecule has 0 saturated heterocycles. The summed E-state index contributed by atoms with van der Waals surface area (Å²) in [4.78, 5) is 35.7. The van der Waals surface area contributed by atoms with Gasteiger partial charge in [-0.05, 0) is 40.8 Å². The minimum atomic E-state index is -1.15. The van der Waals surface area contributed by atoms with Crippen LogP contribution >= 0.6 is 0 Å². The molecule has 9 heteroatoms. The van der Waals surface area contributed by atoms with Crippen molar-refractivity contribution >= 4 is 18.2 Å². The lowest BCUT2D eigenvalue weighted by atomic mass is 9.98. The van der Waals surface area contributed by atoms with Gasteiger partial charge in [-0.25, -0.2) is 14.4 Å². The molecule has 9 nitrogen and oxygen atoms in total. The van der Waals surface area contributed by atoms with E-state index in [1.54, 1.807) is 0 Å². The zero-order valence-electron chi connectivity index (χ0n) is 20.9. The van der Waals surface area contributed by atoms with Crippen molar-refractivity contribution in [3.05, 3.63) is 95.6 Å². The van der Waals surface area contributed by atoms with Gasteiger partial charge in [-0.3, -0.25) is 0 Å². The molecule has 1 aliphatic rings. The molecule has 0 bridgehead atoms. The Morgan fingerprint density at radius 2 is 1.39 bits per heavy atom. The van der Waals surface area contributed by atoms with E-state index in [-0.39, 0.29) is 25.6 Å². The number of aliphatic carboxylic acids is 1. The third kappa shape index (κ3) is 7.10. The molecule has 198 valence electrons. The van der Waals surface area contributed by atoms with Gasteiger partial charge in [0.25, 0.3) is 0 Å². The molecule has 0 unspecified atom stereocenters. The van der Waals surface area contributed by atoms with E-state index >= 15 is 0 Å². The first-order chi connectivity index (χ1) is 18.5. The van der Waals surface area contributed by atoms with E-state index < -0.39 is 24.2 Å². The summed E-state index contributed by atoms with van der Waals surface area (Å²) in [5, 5.41) is 17.5. The zero-order chi connectivity index (χ0) is 26.7. The second-order valence-electron chi connectivity index (χ2n) is 8.89. The number of ether oxygens (including phenoxy) is 2. The Balaban J connectivity index is 1.12. The number of fused-ring (bicyclic) bond motifs is 3. The Morgan fingerprint density at radius 1 is 0.763 bits per heavy atom. The zero-order valence-corrected chi connectivity index (χ0v) is 20.9. The number of hydrogen-bond donors (Lipinski definition) is 4. The number of alkyl carbamates (subject to hydrolysis) is 2. The maximum Gasteiger partial charge on any atom is 0.408 e. The molecule has 2 amide bonds. The molecule has 3 aromatic rings. The number of amides is 2. The van der Waals surface area contributed by atoms with Crippen LogP contribution in [0.5, 0.6) is 0 Å². The maximum absolute atomic E-state index is 12.2. The van der Waals surface area contributed by atoms with Crippen molar-refractivity contribution in [2.75, 3.05) is 26.2 Å². The second-order valence-corrected chi connectivity index (χ2v) is 8.89. The van der Waals surface area contributed by atoms with E-state index in [2.05, 4.69) is 40.2 Å². The van der Waals surface area contributed by atoms with Crippen molar-refractivity contribution in [1.29, 1.82) is 0 Å². The molecule has 3 aromatic carbocycles. The van der Waals surface area contributed by atoms with E-state index in [1.165, 1.54) is 11.1 Å². The predicted molar refractivity (Wildman–Crippen MR) is 142 cm³/mol. The van der Waals surface area contributed by atoms with E-state index in [0.717, 1.165) is 16.7 Å². The second kappa shape index (κ2) is 13.3. The molecule has 0 spiro atoms. The largest absolute Gasteiger partial charge is 0.480 e. The molecule has 4 rings (SSSR count). The van der Waals surface area contributed by atoms with Gasteiger partial charge in [0.05, 0.1) is 0 Å². The lowest BCUT2D eigenvalue weighted by Crippen LogP contribution is -2.43. The highest BCUT2D eigenvalue weighted by atomic mass is 16.6. The van der Waals surface area contributed by atoms with Crippen molar-refractivity contribution in [3.8, 4) is 11.1 Å². The Kier molecular flexibility index (Phi) is 9.31. The van der Waals surface area contributed by atoms with Crippen molar-refractivity contribution in [2.45, 2.75) is 25.0 Å². The predicted octanol–water partition coefficient (Wildman–Crippen LogP) is 3.88. The fourth-order valence-corrected chi connectivity index (χ4v) is 4.44. The fourth-order valence-electron chi connectivity index (χ4n) is 4.44. The molecular weight excluding hydrogens is 486 g/mol. The number of carboxylic acids is 1. The molecule has 0 radical (unpaired) electrons. The topological polar surface area (TPSA) is 126 Å². The van der Waals surface area contributed by atoms with Gasteiger partial charge in [0, 0.05) is 19.0 Å². The van der Waals surface area contributed by atoms with E-state index in [1.807, 2.05) is 54.6 Å². The number of hydrogen-bond acceptors (Lipinski definition) is 6. The van der Waals surface area contributed by atoms with Crippen LogP contribution < -0.4 is 16.0 Å². The minimum Gasteiger partial charge on any atom is -0.480 e. The summed E-state index contributed by atoms with van der Waals surface area (Å²) in [5.41, 5.74) is 5.43. The van der Waals surface area contributed by atoms with E-state index in [0.29, 0.717) is 19.6 Å². The smallest absolute Gasteiger partial charge is 0.408 e. The Bertz CT molecular complexity index is 1200. The van der Waals surface area contributed by atoms with Crippen LogP contribution in [0.15, 0.2) is 78.9 Å². The number of nitrogens with one attached hydrogen (secondary N) is 3. The third-order valence-corrected chi connectivity index (χ3v) is 6.33. The third-order valence-electron chi connectivity index (χ3n) is 6.33. The monoisotopic (exact) mass is 517 g/mol. The van der Waals surface area contributed by atoms with Gasteiger partial charge in [0.2, 0.25) is 0 Å². The first kappa shape index (κ1) is 26.7. The number of carboxylic acid groups (broad SMARTS) is 1. The highest BCUT2D eigenvalue weighted by Crippen LogP contribution is 2.44. The lowest BCUT2D eigenvalue weighted by molar-refractivity contribution is -0.139. The molecule has 1 aliphatic carbocycles. The summed E-state index contributed by atoms with van der Waals surface area (Å²) in [6.45, 7) is 1.33. The SMILES string of the molecule is O=C(NCCNCC[C@H](NC(=O)OCc1ccccc1)C(=O)O)OCC1c2ccccc2-c2ccccc21. The number of rotatable bonds is 12. The Hall–Kier alpha value is -4.37. The maximum atomic E-state index is 12.2. The van der Waals surface area contributed by atoms with Crippen LogP contribution in [-0.4, -0.2) is 55.5 Å². The number of benzene rings is 3. The molecule has 0 aliphatic heterocycles. The van der Waals surface area contributed by atoms with Gasteiger partial charge >= 0.3 is 18.2 Å². The van der Waals surface area contributed by atoms with Crippen LogP contribution in [0.4, 0.5) is 9.59 Å². The minimum absolute atomic E-state index is 0.00823. The van der Waals surface area contributed by atoms with Gasteiger partial charge < -0.3 is 30.5 Å². The highest BCUT2D eigenvalue weighted by Gasteiger charge is 2.29. The summed E-state index contributed by atoms with van der Waals surface area (Å²) in [7, 11) is 0. The van der Waals surface area contributed by atoms with Gasteiger partial charge in [-0.1, -0.05) is 78.9 Å². The van der Waals surface area contributed by atoms with Crippen molar-refractivity contribution in [2.24, 2.45) is 0 Å². The lowest BCUT2D eigenvalue weighted by Gasteiger charge is -2.16. The summed E-state index contributed by atoms with van der Waals surface area (Å²) < 4.78 is 10.6. The van der Waals surface area contributed by atoms with Crippen LogP contribution in [0.25, 0.3) is 11.1 Å². The van der Waals surface area contributed by atoms with Crippen molar-refractivity contribution in [3.63, 3.8) is 0 Å². The first-order valence-electron chi connectivity index (χ1n) is 12.5. The van der Waals surface area contributed by atoms with Crippen LogP contribution in [-0.2, 0) is 20.9 Å². The average molecular weight is 518 g/mol. The standard InChI is InChI=1S/C29H31N3O6/c33-27(34)26(32-29(36)37-18-20-8-2-1-3-9-20)14-15-30-16-17-31-28(35)38-19-25-23-12-6-4-10-21(23)22-11-5-7-13-24(22)25/h1-13,25-26,30H,14-19H2,(H,31,35)(H,32,36)(H,33,34)/t26-/m0/s1. The van der Waals surface area contributed by atoms with Gasteiger partial charge in [0.1, 0.15) is 19.3 Å². The highest BCUT2D eigenvalue weighted by molar-refractivity contribution is 5.80. The quantitative estimate of drug-likeness (QED) is 0.269. The molecule has 0 aromatic heterocycles. The van der Waals surface area contributed by atoms with Gasteiger partial charge in [-0.15, -0.1) is 0 Å². The number of carbonyl (C=O) groups excluding carboxylic acids is 2. The van der Waals surface area contributed by atoms with Crippen molar-refractivity contribution in [1.82, 2.24) is 16.0 Å². The normalized spacial score (nSPS) is 12.6. The molecule has 4 N–H and O–H groups in total. The number of carbonyl (C=O) groups is 3. The molecule has 1 atom stereocenters. The van der Waals surface area contributed by atoms with Gasteiger partial charge in [0.15, 0.2) is 0 Å². The van der Waals surface area contributed by atoms with E-state index in [4.69, 9.17) is 9.47 Å².